The molecule has 0 radical (unpaired) electrons. The summed E-state index contributed by atoms with van der Waals surface area (Å²) in [6, 6.07) is 19.9. The van der Waals surface area contributed by atoms with Crippen LogP contribution in [0.3, 0.4) is 0 Å². The molecule has 0 unspecified atom stereocenters. The molecule has 182 valence electrons. The van der Waals surface area contributed by atoms with Gasteiger partial charge in [-0.2, -0.15) is 0 Å². The van der Waals surface area contributed by atoms with E-state index in [4.69, 9.17) is 9.47 Å². The van der Waals surface area contributed by atoms with E-state index in [0.29, 0.717) is 34.7 Å². The Bertz CT molecular complexity index is 1340. The Morgan fingerprint density at radius 3 is 2.22 bits per heavy atom. The van der Waals surface area contributed by atoms with Gasteiger partial charge in [-0.25, -0.2) is 0 Å². The minimum Gasteiger partial charge on any atom is -0.454 e. The van der Waals surface area contributed by atoms with Crippen molar-refractivity contribution in [3.8, 4) is 11.5 Å². The van der Waals surface area contributed by atoms with Gasteiger partial charge in [0.15, 0.2) is 17.3 Å². The van der Waals surface area contributed by atoms with Gasteiger partial charge in [-0.3, -0.25) is 14.4 Å². The highest BCUT2D eigenvalue weighted by atomic mass is 16.7. The minimum absolute atomic E-state index is 0.00595. The molecule has 0 spiro atoms. The summed E-state index contributed by atoms with van der Waals surface area (Å²) in [6.07, 6.45) is 3.79. The van der Waals surface area contributed by atoms with Crippen LogP contribution >= 0.6 is 0 Å². The first-order valence-electron chi connectivity index (χ1n) is 11.9. The molecule has 2 N–H and O–H groups in total. The lowest BCUT2D eigenvalue weighted by molar-refractivity contribution is -0.115. The second-order valence-corrected chi connectivity index (χ2v) is 8.93. The summed E-state index contributed by atoms with van der Waals surface area (Å²) in [6.45, 7) is 2.04. The zero-order valence-corrected chi connectivity index (χ0v) is 19.9. The van der Waals surface area contributed by atoms with Gasteiger partial charge in [-0.15, -0.1) is 0 Å². The van der Waals surface area contributed by atoms with Crippen LogP contribution in [0, 0.1) is 0 Å². The van der Waals surface area contributed by atoms with E-state index in [1.807, 2.05) is 42.5 Å². The first kappa shape index (κ1) is 23.4. The summed E-state index contributed by atoms with van der Waals surface area (Å²) in [4.78, 5) is 37.0. The highest BCUT2D eigenvalue weighted by molar-refractivity contribution is 6.24. The van der Waals surface area contributed by atoms with Crippen LogP contribution in [-0.2, 0) is 11.3 Å². The molecule has 1 heterocycles. The van der Waals surface area contributed by atoms with Crippen LogP contribution in [0.4, 0.5) is 0 Å². The number of ether oxygens (including phenoxy) is 2. The molecule has 7 nitrogen and oxygen atoms in total. The smallest absolute Gasteiger partial charge is 0.252 e. The van der Waals surface area contributed by atoms with Crippen molar-refractivity contribution in [3.63, 3.8) is 0 Å². The Labute approximate surface area is 209 Å². The van der Waals surface area contributed by atoms with Crippen molar-refractivity contribution >= 4 is 29.2 Å². The van der Waals surface area contributed by atoms with Crippen LogP contribution in [0.5, 0.6) is 11.5 Å². The highest BCUT2D eigenvalue weighted by Gasteiger charge is 2.26. The van der Waals surface area contributed by atoms with Crippen LogP contribution in [0.2, 0.25) is 0 Å². The molecule has 0 bridgehead atoms. The lowest BCUT2D eigenvalue weighted by Crippen LogP contribution is -2.26. The number of Topliss-reactive ketones (excluding diaryl/α,β-unsaturated/α-hetero) is 1. The molecular weight excluding hydrogens is 456 g/mol. The number of amides is 2. The van der Waals surface area contributed by atoms with Crippen LogP contribution in [-0.4, -0.2) is 30.4 Å². The maximum atomic E-state index is 13.0. The SMILES string of the molecule is CC(=O)c1ccc(CNC(=O)c2ccc(/C=C(/C(=O)NC3CC3)c3ccc4c(c3)OCO4)cc2)cc1. The number of ketones is 1. The number of rotatable bonds is 8. The maximum absolute atomic E-state index is 13.0. The number of nitrogens with one attached hydrogen (secondary N) is 2. The van der Waals surface area contributed by atoms with Gasteiger partial charge in [0, 0.05) is 29.3 Å². The summed E-state index contributed by atoms with van der Waals surface area (Å²) >= 11 is 0. The molecule has 1 fully saturated rings. The first-order chi connectivity index (χ1) is 17.5. The Balaban J connectivity index is 1.30. The van der Waals surface area contributed by atoms with Crippen LogP contribution in [0.1, 0.15) is 57.2 Å². The maximum Gasteiger partial charge on any atom is 0.252 e. The third-order valence-corrected chi connectivity index (χ3v) is 6.14. The monoisotopic (exact) mass is 482 g/mol. The van der Waals surface area contributed by atoms with Crippen molar-refractivity contribution in [2.45, 2.75) is 32.4 Å². The molecule has 2 amide bonds. The molecule has 5 rings (SSSR count). The molecule has 0 atom stereocenters. The van der Waals surface area contributed by atoms with E-state index in [2.05, 4.69) is 10.6 Å². The van der Waals surface area contributed by atoms with Crippen molar-refractivity contribution in [2.24, 2.45) is 0 Å². The van der Waals surface area contributed by atoms with Gasteiger partial charge in [0.1, 0.15) is 0 Å². The molecule has 36 heavy (non-hydrogen) atoms. The number of fused-ring (bicyclic) bond motifs is 1. The van der Waals surface area contributed by atoms with Crippen molar-refractivity contribution in [3.05, 3.63) is 94.5 Å². The largest absolute Gasteiger partial charge is 0.454 e. The van der Waals surface area contributed by atoms with E-state index in [1.54, 1.807) is 30.3 Å². The van der Waals surface area contributed by atoms with Gasteiger partial charge in [0.25, 0.3) is 11.8 Å². The molecule has 1 aliphatic carbocycles. The number of carbonyl (C=O) groups is 3. The summed E-state index contributed by atoms with van der Waals surface area (Å²) in [7, 11) is 0. The molecule has 7 heteroatoms. The zero-order valence-electron chi connectivity index (χ0n) is 19.9. The predicted octanol–water partition coefficient (Wildman–Crippen LogP) is 4.37. The second-order valence-electron chi connectivity index (χ2n) is 8.93. The van der Waals surface area contributed by atoms with Crippen molar-refractivity contribution < 1.29 is 23.9 Å². The van der Waals surface area contributed by atoms with Crippen LogP contribution in [0.25, 0.3) is 11.6 Å². The van der Waals surface area contributed by atoms with Crippen molar-refractivity contribution in [2.75, 3.05) is 6.79 Å². The average molecular weight is 483 g/mol. The third-order valence-electron chi connectivity index (χ3n) is 6.14. The van der Waals surface area contributed by atoms with Crippen LogP contribution < -0.4 is 20.1 Å². The summed E-state index contributed by atoms with van der Waals surface area (Å²) in [5.74, 6) is 0.926. The summed E-state index contributed by atoms with van der Waals surface area (Å²) < 4.78 is 10.9. The van der Waals surface area contributed by atoms with Gasteiger partial charge >= 0.3 is 0 Å². The number of benzene rings is 3. The van der Waals surface area contributed by atoms with Gasteiger partial charge in [0.2, 0.25) is 6.79 Å². The molecule has 3 aromatic carbocycles. The van der Waals surface area contributed by atoms with Crippen molar-refractivity contribution in [1.82, 2.24) is 10.6 Å². The average Bonchev–Trinajstić information content (AvgIpc) is 3.58. The predicted molar refractivity (Wildman–Crippen MR) is 136 cm³/mol. The highest BCUT2D eigenvalue weighted by Crippen LogP contribution is 2.35. The molecule has 0 aromatic heterocycles. The summed E-state index contributed by atoms with van der Waals surface area (Å²) in [5, 5.41) is 5.94. The fraction of sp³-hybridized carbons (Fsp3) is 0.207. The van der Waals surface area contributed by atoms with E-state index in [9.17, 15) is 14.4 Å². The minimum atomic E-state index is -0.205. The van der Waals surface area contributed by atoms with Gasteiger partial charge < -0.3 is 20.1 Å². The fourth-order valence-corrected chi connectivity index (χ4v) is 3.87. The summed E-state index contributed by atoms with van der Waals surface area (Å²) in [5.41, 5.74) is 4.11. The quantitative estimate of drug-likeness (QED) is 0.283. The third kappa shape index (κ3) is 5.46. The van der Waals surface area contributed by atoms with Gasteiger partial charge in [0.05, 0.1) is 0 Å². The topological polar surface area (TPSA) is 93.7 Å². The number of hydrogen-bond acceptors (Lipinski definition) is 5. The standard InChI is InChI=1S/C29H26N2O5/c1-18(32)21-6-4-20(5-7-21)16-30-28(33)22-8-2-19(3-9-22)14-25(29(34)31-24-11-12-24)23-10-13-26-27(15-23)36-17-35-26/h2-10,13-15,24H,11-12,16-17H2,1H3,(H,30,33)(H,31,34)/b25-14+. The Morgan fingerprint density at radius 1 is 0.861 bits per heavy atom. The van der Waals surface area contributed by atoms with Crippen molar-refractivity contribution in [1.29, 1.82) is 0 Å². The van der Waals surface area contributed by atoms with Crippen LogP contribution in [0.15, 0.2) is 66.7 Å². The van der Waals surface area contributed by atoms with Gasteiger partial charge in [-0.1, -0.05) is 42.5 Å². The Kier molecular flexibility index (Phi) is 6.54. The van der Waals surface area contributed by atoms with E-state index in [-0.39, 0.29) is 30.4 Å². The Hall–Kier alpha value is -4.39. The lowest BCUT2D eigenvalue weighted by Gasteiger charge is -2.10. The zero-order chi connectivity index (χ0) is 25.1. The van der Waals surface area contributed by atoms with E-state index in [1.165, 1.54) is 6.92 Å². The molecule has 2 aliphatic rings. The molecule has 1 saturated carbocycles. The van der Waals surface area contributed by atoms with E-state index in [0.717, 1.165) is 29.5 Å². The molecule has 3 aromatic rings. The lowest BCUT2D eigenvalue weighted by atomic mass is 10.0. The number of carbonyl (C=O) groups excluding carboxylic acids is 3. The second kappa shape index (κ2) is 10.1. The fourth-order valence-electron chi connectivity index (χ4n) is 3.87. The number of hydrogen-bond donors (Lipinski definition) is 2. The molecular formula is C29H26N2O5. The molecule has 1 aliphatic heterocycles. The van der Waals surface area contributed by atoms with E-state index >= 15 is 0 Å². The molecule has 0 saturated heterocycles. The van der Waals surface area contributed by atoms with E-state index < -0.39 is 0 Å². The Morgan fingerprint density at radius 2 is 1.53 bits per heavy atom. The van der Waals surface area contributed by atoms with Gasteiger partial charge in [-0.05, 0) is 66.8 Å². The normalized spacial score (nSPS) is 14.3. The first-order valence-corrected chi connectivity index (χ1v) is 11.9.